The maximum Gasteiger partial charge on any atom is 0.148 e. The molecule has 6 heteroatoms. The second-order valence-corrected chi connectivity index (χ2v) is 4.79. The number of halogens is 1. The Morgan fingerprint density at radius 2 is 1.85 bits per heavy atom. The van der Waals surface area contributed by atoms with Crippen LogP contribution in [-0.2, 0) is 12.8 Å². The summed E-state index contributed by atoms with van der Waals surface area (Å²) in [6.45, 7) is 2.83. The van der Waals surface area contributed by atoms with E-state index in [2.05, 4.69) is 20.7 Å². The molecule has 20 heavy (non-hydrogen) atoms. The van der Waals surface area contributed by atoms with Gasteiger partial charge in [0.25, 0.3) is 0 Å². The van der Waals surface area contributed by atoms with Crippen molar-refractivity contribution < 1.29 is 0 Å². The standard InChI is InChI=1S/C14H18ClN5/c1-2-12-13(18-9-19-14(12)20-16)17-8-7-10-3-5-11(15)6-4-10/h3-6,9H,2,7-8,16H2,1H3,(H2,17,18,19,20). The Morgan fingerprint density at radius 3 is 2.50 bits per heavy atom. The van der Waals surface area contributed by atoms with Gasteiger partial charge in [-0.1, -0.05) is 30.7 Å². The highest BCUT2D eigenvalue weighted by molar-refractivity contribution is 6.30. The molecule has 0 spiro atoms. The summed E-state index contributed by atoms with van der Waals surface area (Å²) in [6.07, 6.45) is 3.21. The van der Waals surface area contributed by atoms with Crippen molar-refractivity contribution in [3.63, 3.8) is 0 Å². The third-order valence-corrected chi connectivity index (χ3v) is 3.31. The molecular weight excluding hydrogens is 274 g/mol. The lowest BCUT2D eigenvalue weighted by Gasteiger charge is -2.12. The zero-order valence-electron chi connectivity index (χ0n) is 11.4. The van der Waals surface area contributed by atoms with Crippen LogP contribution in [0.5, 0.6) is 0 Å². The maximum atomic E-state index is 5.86. The van der Waals surface area contributed by atoms with Crippen molar-refractivity contribution in [3.05, 3.63) is 46.7 Å². The minimum absolute atomic E-state index is 0.663. The van der Waals surface area contributed by atoms with Gasteiger partial charge < -0.3 is 10.7 Å². The van der Waals surface area contributed by atoms with Gasteiger partial charge in [0.05, 0.1) is 0 Å². The third-order valence-electron chi connectivity index (χ3n) is 3.06. The first-order chi connectivity index (χ1) is 9.74. The Hall–Kier alpha value is -1.85. The molecule has 2 aromatic rings. The van der Waals surface area contributed by atoms with E-state index in [1.54, 1.807) is 0 Å². The van der Waals surface area contributed by atoms with E-state index in [0.717, 1.165) is 35.8 Å². The summed E-state index contributed by atoms with van der Waals surface area (Å²) in [5.41, 5.74) is 4.82. The van der Waals surface area contributed by atoms with Crippen molar-refractivity contribution in [1.29, 1.82) is 0 Å². The smallest absolute Gasteiger partial charge is 0.148 e. The number of nitrogens with two attached hydrogens (primary N) is 1. The lowest BCUT2D eigenvalue weighted by Crippen LogP contribution is -2.15. The molecule has 0 radical (unpaired) electrons. The van der Waals surface area contributed by atoms with Gasteiger partial charge in [-0.15, -0.1) is 0 Å². The molecule has 0 aliphatic rings. The molecule has 0 saturated heterocycles. The monoisotopic (exact) mass is 291 g/mol. The van der Waals surface area contributed by atoms with E-state index in [-0.39, 0.29) is 0 Å². The average Bonchev–Trinajstić information content (AvgIpc) is 2.49. The summed E-state index contributed by atoms with van der Waals surface area (Å²) < 4.78 is 0. The van der Waals surface area contributed by atoms with Crippen LogP contribution in [0.4, 0.5) is 11.6 Å². The molecule has 2 rings (SSSR count). The van der Waals surface area contributed by atoms with Gasteiger partial charge in [-0.2, -0.15) is 0 Å². The third kappa shape index (κ3) is 3.59. The number of benzene rings is 1. The van der Waals surface area contributed by atoms with E-state index in [9.17, 15) is 0 Å². The topological polar surface area (TPSA) is 75.9 Å². The van der Waals surface area contributed by atoms with Gasteiger partial charge in [-0.3, -0.25) is 0 Å². The lowest BCUT2D eigenvalue weighted by molar-refractivity contribution is 0.971. The Labute approximate surface area is 123 Å². The van der Waals surface area contributed by atoms with Crippen molar-refractivity contribution in [2.24, 2.45) is 5.84 Å². The van der Waals surface area contributed by atoms with E-state index >= 15 is 0 Å². The quantitative estimate of drug-likeness (QED) is 0.563. The number of nitrogens with one attached hydrogen (secondary N) is 2. The van der Waals surface area contributed by atoms with Crippen LogP contribution in [0, 0.1) is 0 Å². The number of hydrogen-bond donors (Lipinski definition) is 3. The van der Waals surface area contributed by atoms with E-state index in [0.29, 0.717) is 5.82 Å². The Morgan fingerprint density at radius 1 is 1.15 bits per heavy atom. The van der Waals surface area contributed by atoms with Gasteiger partial charge in [-0.25, -0.2) is 15.8 Å². The number of hydrazine groups is 1. The fourth-order valence-corrected chi connectivity index (χ4v) is 2.13. The van der Waals surface area contributed by atoms with Crippen LogP contribution >= 0.6 is 11.6 Å². The minimum atomic E-state index is 0.663. The predicted molar refractivity (Wildman–Crippen MR) is 82.9 cm³/mol. The van der Waals surface area contributed by atoms with Crippen LogP contribution in [0.3, 0.4) is 0 Å². The van der Waals surface area contributed by atoms with E-state index in [1.807, 2.05) is 31.2 Å². The van der Waals surface area contributed by atoms with Gasteiger partial charge >= 0.3 is 0 Å². The van der Waals surface area contributed by atoms with Crippen molar-refractivity contribution in [1.82, 2.24) is 9.97 Å². The average molecular weight is 292 g/mol. The molecule has 5 nitrogen and oxygen atoms in total. The summed E-state index contributed by atoms with van der Waals surface area (Å²) in [5, 5.41) is 4.08. The van der Waals surface area contributed by atoms with Crippen LogP contribution in [0.25, 0.3) is 0 Å². The molecular formula is C14H18ClN5. The Bertz CT molecular complexity index is 556. The molecule has 0 unspecified atom stereocenters. The van der Waals surface area contributed by atoms with Crippen LogP contribution < -0.4 is 16.6 Å². The number of rotatable bonds is 6. The van der Waals surface area contributed by atoms with Crippen molar-refractivity contribution in [2.45, 2.75) is 19.8 Å². The highest BCUT2D eigenvalue weighted by Crippen LogP contribution is 2.19. The van der Waals surface area contributed by atoms with E-state index in [1.165, 1.54) is 11.9 Å². The number of aromatic nitrogens is 2. The predicted octanol–water partition coefficient (Wildman–Crippen LogP) is 2.63. The van der Waals surface area contributed by atoms with Crippen molar-refractivity contribution >= 4 is 23.2 Å². The lowest BCUT2D eigenvalue weighted by atomic mass is 10.1. The molecule has 0 bridgehead atoms. The summed E-state index contributed by atoms with van der Waals surface area (Å²) in [7, 11) is 0. The summed E-state index contributed by atoms with van der Waals surface area (Å²) in [6, 6.07) is 7.85. The molecule has 0 fully saturated rings. The van der Waals surface area contributed by atoms with Crippen molar-refractivity contribution in [3.8, 4) is 0 Å². The molecule has 4 N–H and O–H groups in total. The van der Waals surface area contributed by atoms with E-state index < -0.39 is 0 Å². The second kappa shape index (κ2) is 7.07. The molecule has 1 heterocycles. The van der Waals surface area contributed by atoms with Crippen molar-refractivity contribution in [2.75, 3.05) is 17.3 Å². The normalized spacial score (nSPS) is 10.3. The zero-order valence-corrected chi connectivity index (χ0v) is 12.1. The van der Waals surface area contributed by atoms with Crippen LogP contribution in [0.1, 0.15) is 18.1 Å². The highest BCUT2D eigenvalue weighted by atomic mass is 35.5. The molecule has 0 amide bonds. The number of hydrogen-bond acceptors (Lipinski definition) is 5. The molecule has 1 aromatic carbocycles. The zero-order chi connectivity index (χ0) is 14.4. The summed E-state index contributed by atoms with van der Waals surface area (Å²) >= 11 is 5.86. The Balaban J connectivity index is 1.98. The molecule has 0 aliphatic carbocycles. The molecule has 0 saturated carbocycles. The Kier molecular flexibility index (Phi) is 5.15. The highest BCUT2D eigenvalue weighted by Gasteiger charge is 2.08. The first-order valence-electron chi connectivity index (χ1n) is 6.53. The molecule has 1 aromatic heterocycles. The fraction of sp³-hybridized carbons (Fsp3) is 0.286. The first kappa shape index (κ1) is 14.6. The van der Waals surface area contributed by atoms with Gasteiger partial charge in [-0.05, 0) is 30.5 Å². The molecule has 0 aliphatic heterocycles. The fourth-order valence-electron chi connectivity index (χ4n) is 2.00. The van der Waals surface area contributed by atoms with Gasteiger partial charge in [0.15, 0.2) is 0 Å². The number of nitrogens with zero attached hydrogens (tertiary/aromatic N) is 2. The largest absolute Gasteiger partial charge is 0.369 e. The van der Waals surface area contributed by atoms with E-state index in [4.69, 9.17) is 17.4 Å². The second-order valence-electron chi connectivity index (χ2n) is 4.35. The summed E-state index contributed by atoms with van der Waals surface area (Å²) in [5.74, 6) is 6.94. The first-order valence-corrected chi connectivity index (χ1v) is 6.91. The van der Waals surface area contributed by atoms with Crippen LogP contribution in [0.15, 0.2) is 30.6 Å². The maximum absolute atomic E-state index is 5.86. The molecule has 0 atom stereocenters. The number of nitrogen functional groups attached to an aromatic ring is 1. The van der Waals surface area contributed by atoms with Crippen LogP contribution in [-0.4, -0.2) is 16.5 Å². The minimum Gasteiger partial charge on any atom is -0.369 e. The van der Waals surface area contributed by atoms with Gasteiger partial charge in [0.1, 0.15) is 18.0 Å². The van der Waals surface area contributed by atoms with Gasteiger partial charge in [0, 0.05) is 17.1 Å². The van der Waals surface area contributed by atoms with Gasteiger partial charge in [0.2, 0.25) is 0 Å². The SMILES string of the molecule is CCc1c(NN)ncnc1NCCc1ccc(Cl)cc1. The summed E-state index contributed by atoms with van der Waals surface area (Å²) in [4.78, 5) is 8.37. The number of anilines is 2. The van der Waals surface area contributed by atoms with Crippen LogP contribution in [0.2, 0.25) is 5.02 Å². The molecule has 106 valence electrons.